The van der Waals surface area contributed by atoms with Gasteiger partial charge >= 0.3 is 5.97 Å². The van der Waals surface area contributed by atoms with E-state index < -0.39 is 17.5 Å². The number of carboxylic acid groups (broad SMARTS) is 1. The van der Waals surface area contributed by atoms with E-state index in [0.717, 1.165) is 64.2 Å². The van der Waals surface area contributed by atoms with Crippen LogP contribution in [0.2, 0.25) is 0 Å². The first-order valence-corrected chi connectivity index (χ1v) is 7.08. The number of carbonyl (C=O) groups is 1. The Morgan fingerprint density at radius 3 is 2.18 bits per heavy atom. The van der Waals surface area contributed by atoms with Crippen molar-refractivity contribution >= 4 is 5.97 Å². The van der Waals surface area contributed by atoms with Gasteiger partial charge in [0.25, 0.3) is 0 Å². The Morgan fingerprint density at radius 2 is 1.53 bits per heavy atom. The summed E-state index contributed by atoms with van der Waals surface area (Å²) in [4.78, 5) is 11.7. The highest BCUT2D eigenvalue weighted by Crippen LogP contribution is 2.48. The predicted molar refractivity (Wildman–Crippen MR) is 65.7 cm³/mol. The van der Waals surface area contributed by atoms with Crippen LogP contribution in [0.1, 0.15) is 64.2 Å². The second kappa shape index (κ2) is 5.38. The molecular formula is C14H24O3. The fourth-order valence-corrected chi connectivity index (χ4v) is 3.86. The van der Waals surface area contributed by atoms with Gasteiger partial charge in [0.05, 0.1) is 11.5 Å². The van der Waals surface area contributed by atoms with E-state index in [4.69, 9.17) is 0 Å². The van der Waals surface area contributed by atoms with Crippen LogP contribution in [0.15, 0.2) is 0 Å². The van der Waals surface area contributed by atoms with Crippen molar-refractivity contribution in [2.45, 2.75) is 70.3 Å². The molecule has 0 heterocycles. The Bertz CT molecular complexity index is 269. The third-order valence-electron chi connectivity index (χ3n) is 4.86. The van der Waals surface area contributed by atoms with Crippen molar-refractivity contribution in [1.29, 1.82) is 0 Å². The molecule has 0 saturated heterocycles. The molecule has 2 atom stereocenters. The summed E-state index contributed by atoms with van der Waals surface area (Å²) < 4.78 is 0. The lowest BCUT2D eigenvalue weighted by Crippen LogP contribution is -2.45. The standard InChI is InChI=1S/C14H24O3/c15-12-8-4-1-3-7-11(12)14(13(16)17)9-5-2-6-10-14/h11-12,15H,1-10H2,(H,16,17). The summed E-state index contributed by atoms with van der Waals surface area (Å²) in [6.07, 6.45) is 9.27. The van der Waals surface area contributed by atoms with Gasteiger partial charge in [0.2, 0.25) is 0 Å². The summed E-state index contributed by atoms with van der Waals surface area (Å²) in [5.41, 5.74) is -0.623. The van der Waals surface area contributed by atoms with Crippen LogP contribution in [0.5, 0.6) is 0 Å². The summed E-state index contributed by atoms with van der Waals surface area (Å²) >= 11 is 0. The Balaban J connectivity index is 2.21. The number of aliphatic carboxylic acids is 1. The molecule has 0 aromatic heterocycles. The van der Waals surface area contributed by atoms with Crippen LogP contribution < -0.4 is 0 Å². The van der Waals surface area contributed by atoms with Crippen LogP contribution in [0, 0.1) is 11.3 Å². The van der Waals surface area contributed by atoms with E-state index >= 15 is 0 Å². The van der Waals surface area contributed by atoms with Crippen molar-refractivity contribution < 1.29 is 15.0 Å². The molecule has 3 nitrogen and oxygen atoms in total. The van der Waals surface area contributed by atoms with Gasteiger partial charge in [-0.25, -0.2) is 0 Å². The van der Waals surface area contributed by atoms with E-state index in [9.17, 15) is 15.0 Å². The van der Waals surface area contributed by atoms with Gasteiger partial charge in [-0.1, -0.05) is 38.5 Å². The molecule has 0 amide bonds. The Morgan fingerprint density at radius 1 is 0.941 bits per heavy atom. The first-order valence-electron chi connectivity index (χ1n) is 7.08. The molecule has 2 unspecified atom stereocenters. The van der Waals surface area contributed by atoms with E-state index in [1.807, 2.05) is 0 Å². The number of carboxylic acids is 1. The van der Waals surface area contributed by atoms with Crippen LogP contribution >= 0.6 is 0 Å². The highest BCUT2D eigenvalue weighted by molar-refractivity contribution is 5.75. The topological polar surface area (TPSA) is 57.5 Å². The van der Waals surface area contributed by atoms with Gasteiger partial charge in [-0.3, -0.25) is 4.79 Å². The number of hydrogen-bond donors (Lipinski definition) is 2. The van der Waals surface area contributed by atoms with Gasteiger partial charge in [0.15, 0.2) is 0 Å². The molecule has 0 aromatic rings. The molecule has 2 fully saturated rings. The molecule has 2 aliphatic carbocycles. The van der Waals surface area contributed by atoms with Gasteiger partial charge in [0, 0.05) is 5.92 Å². The SMILES string of the molecule is O=C(O)C1(C2CCCCCC2O)CCCCC1. The molecule has 2 N–H and O–H groups in total. The molecule has 0 aromatic carbocycles. The molecule has 0 aliphatic heterocycles. The normalized spacial score (nSPS) is 33.9. The minimum atomic E-state index is -0.664. The molecule has 2 aliphatic rings. The molecule has 17 heavy (non-hydrogen) atoms. The molecule has 2 rings (SSSR count). The van der Waals surface area contributed by atoms with E-state index in [1.165, 1.54) is 0 Å². The summed E-state index contributed by atoms with van der Waals surface area (Å²) in [6, 6.07) is 0. The molecule has 3 heteroatoms. The second-order valence-corrected chi connectivity index (χ2v) is 5.83. The van der Waals surface area contributed by atoms with Gasteiger partial charge in [0.1, 0.15) is 0 Å². The third-order valence-corrected chi connectivity index (χ3v) is 4.86. The largest absolute Gasteiger partial charge is 0.481 e. The Labute approximate surface area is 103 Å². The Kier molecular flexibility index (Phi) is 4.08. The van der Waals surface area contributed by atoms with Crippen molar-refractivity contribution in [3.63, 3.8) is 0 Å². The van der Waals surface area contributed by atoms with Crippen molar-refractivity contribution in [2.24, 2.45) is 11.3 Å². The molecule has 0 bridgehead atoms. The average Bonchev–Trinajstić information content (AvgIpc) is 2.55. The Hall–Kier alpha value is -0.570. The predicted octanol–water partition coefficient (Wildman–Crippen LogP) is 2.96. The van der Waals surface area contributed by atoms with E-state index in [2.05, 4.69) is 0 Å². The van der Waals surface area contributed by atoms with Crippen molar-refractivity contribution in [3.05, 3.63) is 0 Å². The highest BCUT2D eigenvalue weighted by Gasteiger charge is 2.48. The fraction of sp³-hybridized carbons (Fsp3) is 0.929. The molecule has 0 spiro atoms. The maximum Gasteiger partial charge on any atom is 0.310 e. The lowest BCUT2D eigenvalue weighted by Gasteiger charge is -2.41. The quantitative estimate of drug-likeness (QED) is 0.730. The average molecular weight is 240 g/mol. The summed E-state index contributed by atoms with van der Waals surface area (Å²) in [7, 11) is 0. The van der Waals surface area contributed by atoms with E-state index in [-0.39, 0.29) is 5.92 Å². The second-order valence-electron chi connectivity index (χ2n) is 5.83. The zero-order chi connectivity index (χ0) is 12.3. The monoisotopic (exact) mass is 240 g/mol. The molecule has 2 saturated carbocycles. The smallest absolute Gasteiger partial charge is 0.310 e. The fourth-order valence-electron chi connectivity index (χ4n) is 3.86. The molecule has 0 radical (unpaired) electrons. The maximum absolute atomic E-state index is 11.7. The van der Waals surface area contributed by atoms with Gasteiger partial charge in [-0.15, -0.1) is 0 Å². The zero-order valence-electron chi connectivity index (χ0n) is 10.5. The zero-order valence-corrected chi connectivity index (χ0v) is 10.5. The summed E-state index contributed by atoms with van der Waals surface area (Å²) in [6.45, 7) is 0. The van der Waals surface area contributed by atoms with Crippen LogP contribution in [0.25, 0.3) is 0 Å². The minimum absolute atomic E-state index is 0.0113. The van der Waals surface area contributed by atoms with Crippen LogP contribution in [-0.4, -0.2) is 22.3 Å². The van der Waals surface area contributed by atoms with Crippen molar-refractivity contribution in [1.82, 2.24) is 0 Å². The summed E-state index contributed by atoms with van der Waals surface area (Å²) in [5.74, 6) is -0.675. The third kappa shape index (κ3) is 2.49. The minimum Gasteiger partial charge on any atom is -0.481 e. The number of aliphatic hydroxyl groups excluding tert-OH is 1. The van der Waals surface area contributed by atoms with E-state index in [1.54, 1.807) is 0 Å². The number of hydrogen-bond acceptors (Lipinski definition) is 2. The maximum atomic E-state index is 11.7. The van der Waals surface area contributed by atoms with Gasteiger partial charge < -0.3 is 10.2 Å². The summed E-state index contributed by atoms with van der Waals surface area (Å²) in [5, 5.41) is 19.9. The lowest BCUT2D eigenvalue weighted by atomic mass is 9.63. The first kappa shape index (κ1) is 12.9. The first-order chi connectivity index (χ1) is 8.17. The van der Waals surface area contributed by atoms with E-state index in [0.29, 0.717) is 0 Å². The lowest BCUT2D eigenvalue weighted by molar-refractivity contribution is -0.160. The number of aliphatic hydroxyl groups is 1. The van der Waals surface area contributed by atoms with Crippen molar-refractivity contribution in [2.75, 3.05) is 0 Å². The molecule has 98 valence electrons. The van der Waals surface area contributed by atoms with Crippen LogP contribution in [-0.2, 0) is 4.79 Å². The number of rotatable bonds is 2. The van der Waals surface area contributed by atoms with Crippen LogP contribution in [0.3, 0.4) is 0 Å². The van der Waals surface area contributed by atoms with Crippen LogP contribution in [0.4, 0.5) is 0 Å². The van der Waals surface area contributed by atoms with Gasteiger partial charge in [-0.05, 0) is 25.7 Å². The molecular weight excluding hydrogens is 216 g/mol. The van der Waals surface area contributed by atoms with Crippen molar-refractivity contribution in [3.8, 4) is 0 Å². The highest BCUT2D eigenvalue weighted by atomic mass is 16.4. The van der Waals surface area contributed by atoms with Gasteiger partial charge in [-0.2, -0.15) is 0 Å².